The standard InChI is InChI=1S/C40H42N4O/c1-7-29-15-19-34(20-16-29)40(6)37(36(28-43)38(45-40)33(26-41)27-42)12-10-11-31-23-32(25-39(4,5)24-31)14-13-30-17-21-35(22-18-30)44(8-2)9-3/h10-23H,7-9,24-25H2,1-6H3. The molecule has 4 rings (SSSR count). The van der Waals surface area contributed by atoms with Crippen LogP contribution in [0.4, 0.5) is 5.69 Å². The lowest BCUT2D eigenvalue weighted by atomic mass is 9.75. The van der Waals surface area contributed by atoms with Crippen LogP contribution in [0.5, 0.6) is 0 Å². The number of benzene rings is 2. The van der Waals surface area contributed by atoms with Gasteiger partial charge in [-0.1, -0.05) is 93.6 Å². The number of aryl methyl sites for hydroxylation is 1. The van der Waals surface area contributed by atoms with Crippen molar-refractivity contribution >= 4 is 11.8 Å². The van der Waals surface area contributed by atoms with E-state index in [1.54, 1.807) is 0 Å². The Hall–Kier alpha value is -5.05. The second kappa shape index (κ2) is 14.2. The highest BCUT2D eigenvalue weighted by molar-refractivity contribution is 5.62. The van der Waals surface area contributed by atoms with Gasteiger partial charge in [-0.05, 0) is 85.4 Å². The number of rotatable bonds is 9. The maximum atomic E-state index is 10.2. The van der Waals surface area contributed by atoms with Gasteiger partial charge in [0, 0.05) is 24.4 Å². The van der Waals surface area contributed by atoms with Gasteiger partial charge in [0.05, 0.1) is 0 Å². The smallest absolute Gasteiger partial charge is 0.172 e. The number of anilines is 1. The predicted molar refractivity (Wildman–Crippen MR) is 183 cm³/mol. The molecule has 1 heterocycles. The molecule has 228 valence electrons. The summed E-state index contributed by atoms with van der Waals surface area (Å²) in [6.45, 7) is 14.9. The van der Waals surface area contributed by atoms with Crippen molar-refractivity contribution in [3.05, 3.63) is 129 Å². The van der Waals surface area contributed by atoms with Crippen molar-refractivity contribution in [3.63, 3.8) is 0 Å². The van der Waals surface area contributed by atoms with Gasteiger partial charge in [-0.25, -0.2) is 0 Å². The summed E-state index contributed by atoms with van der Waals surface area (Å²) in [6.07, 6.45) is 15.4. The van der Waals surface area contributed by atoms with E-state index in [0.29, 0.717) is 5.57 Å². The number of ether oxygens (including phenoxy) is 1. The van der Waals surface area contributed by atoms with Crippen LogP contribution in [0.25, 0.3) is 6.08 Å². The van der Waals surface area contributed by atoms with Crippen LogP contribution in [0.3, 0.4) is 0 Å². The van der Waals surface area contributed by atoms with E-state index in [0.717, 1.165) is 37.9 Å². The summed E-state index contributed by atoms with van der Waals surface area (Å²) < 4.78 is 6.31. The molecule has 0 saturated carbocycles. The lowest BCUT2D eigenvalue weighted by molar-refractivity contribution is 0.0755. The zero-order chi connectivity index (χ0) is 32.6. The van der Waals surface area contributed by atoms with Gasteiger partial charge in [0.15, 0.2) is 16.9 Å². The second-order valence-electron chi connectivity index (χ2n) is 12.4. The largest absolute Gasteiger partial charge is 0.474 e. The molecule has 2 aromatic carbocycles. The summed E-state index contributed by atoms with van der Waals surface area (Å²) in [6, 6.07) is 22.8. The Labute approximate surface area is 269 Å². The highest BCUT2D eigenvalue weighted by Gasteiger charge is 2.43. The fourth-order valence-electron chi connectivity index (χ4n) is 6.18. The summed E-state index contributed by atoms with van der Waals surface area (Å²) in [4.78, 5) is 2.34. The number of hydrogen-bond acceptors (Lipinski definition) is 5. The van der Waals surface area contributed by atoms with E-state index in [4.69, 9.17) is 4.74 Å². The van der Waals surface area contributed by atoms with Crippen LogP contribution < -0.4 is 4.90 Å². The Bertz CT molecular complexity index is 1710. The minimum atomic E-state index is -1.03. The highest BCUT2D eigenvalue weighted by atomic mass is 16.5. The Balaban J connectivity index is 1.68. The average molecular weight is 595 g/mol. The molecule has 1 unspecified atom stereocenters. The third-order valence-electron chi connectivity index (χ3n) is 8.61. The van der Waals surface area contributed by atoms with Crippen LogP contribution in [-0.4, -0.2) is 13.1 Å². The van der Waals surface area contributed by atoms with Crippen molar-refractivity contribution in [1.82, 2.24) is 0 Å². The first-order valence-corrected chi connectivity index (χ1v) is 15.7. The highest BCUT2D eigenvalue weighted by Crippen LogP contribution is 2.47. The molecule has 1 atom stereocenters. The number of hydrogen-bond donors (Lipinski definition) is 0. The zero-order valence-corrected chi connectivity index (χ0v) is 27.3. The van der Waals surface area contributed by atoms with Crippen LogP contribution in [0, 0.1) is 39.4 Å². The van der Waals surface area contributed by atoms with Gasteiger partial charge >= 0.3 is 0 Å². The molecular formula is C40H42N4O. The Morgan fingerprint density at radius 2 is 1.53 bits per heavy atom. The number of nitrogens with zero attached hydrogens (tertiary/aromatic N) is 4. The quantitative estimate of drug-likeness (QED) is 0.270. The molecular weight excluding hydrogens is 552 g/mol. The van der Waals surface area contributed by atoms with Crippen LogP contribution in [-0.2, 0) is 16.8 Å². The van der Waals surface area contributed by atoms with Gasteiger partial charge in [-0.2, -0.15) is 15.8 Å². The van der Waals surface area contributed by atoms with Gasteiger partial charge in [0.25, 0.3) is 0 Å². The van der Waals surface area contributed by atoms with Crippen LogP contribution in [0.15, 0.2) is 113 Å². The van der Waals surface area contributed by atoms with Crippen molar-refractivity contribution in [1.29, 1.82) is 15.8 Å². The van der Waals surface area contributed by atoms with Gasteiger partial charge < -0.3 is 9.64 Å². The fraction of sp³-hybridized carbons (Fsp3) is 0.325. The number of allylic oxidation sites excluding steroid dienone is 8. The van der Waals surface area contributed by atoms with Crippen molar-refractivity contribution in [3.8, 4) is 18.2 Å². The molecule has 2 aliphatic rings. The molecule has 45 heavy (non-hydrogen) atoms. The molecule has 5 heteroatoms. The van der Waals surface area contributed by atoms with Gasteiger partial charge in [0.1, 0.15) is 23.8 Å². The Morgan fingerprint density at radius 1 is 0.867 bits per heavy atom. The molecule has 0 N–H and O–H groups in total. The van der Waals surface area contributed by atoms with Gasteiger partial charge in [-0.3, -0.25) is 0 Å². The Morgan fingerprint density at radius 3 is 2.11 bits per heavy atom. The second-order valence-corrected chi connectivity index (χ2v) is 12.4. The molecule has 5 nitrogen and oxygen atoms in total. The third kappa shape index (κ3) is 7.37. The van der Waals surface area contributed by atoms with E-state index in [9.17, 15) is 15.8 Å². The lowest BCUT2D eigenvalue weighted by Crippen LogP contribution is -2.23. The lowest BCUT2D eigenvalue weighted by Gasteiger charge is -2.30. The maximum Gasteiger partial charge on any atom is 0.172 e. The molecule has 0 radical (unpaired) electrons. The summed E-state index contributed by atoms with van der Waals surface area (Å²) in [5, 5.41) is 29.4. The molecule has 0 saturated heterocycles. The number of nitriles is 3. The average Bonchev–Trinajstić information content (AvgIpc) is 3.33. The van der Waals surface area contributed by atoms with Crippen molar-refractivity contribution in [2.24, 2.45) is 5.41 Å². The van der Waals surface area contributed by atoms with E-state index in [2.05, 4.69) is 94.2 Å². The third-order valence-corrected chi connectivity index (χ3v) is 8.61. The first-order chi connectivity index (χ1) is 21.6. The molecule has 1 aliphatic heterocycles. The van der Waals surface area contributed by atoms with E-state index >= 15 is 0 Å². The van der Waals surface area contributed by atoms with Crippen molar-refractivity contribution in [2.45, 2.75) is 66.4 Å². The summed E-state index contributed by atoms with van der Waals surface area (Å²) in [5.74, 6) is 0.0353. The summed E-state index contributed by atoms with van der Waals surface area (Å²) in [7, 11) is 0. The SMILES string of the molecule is CCc1ccc(C2(C)OC(=C(C#N)C#N)C(C#N)=C2C=CC=C2C=C(C=Cc3ccc(N(CC)CC)cc3)CC(C)(C)C2)cc1. The molecule has 0 amide bonds. The molecule has 1 aliphatic carbocycles. The summed E-state index contributed by atoms with van der Waals surface area (Å²) >= 11 is 0. The Kier molecular flexibility index (Phi) is 10.3. The van der Waals surface area contributed by atoms with Gasteiger partial charge in [0.2, 0.25) is 0 Å². The first kappa shape index (κ1) is 32.9. The van der Waals surface area contributed by atoms with Crippen LogP contribution in [0.1, 0.15) is 71.1 Å². The normalized spacial score (nSPS) is 20.1. The van der Waals surface area contributed by atoms with Crippen molar-refractivity contribution < 1.29 is 4.74 Å². The summed E-state index contributed by atoms with van der Waals surface area (Å²) in [5.41, 5.74) is 6.58. The topological polar surface area (TPSA) is 83.8 Å². The van der Waals surface area contributed by atoms with Gasteiger partial charge in [-0.15, -0.1) is 0 Å². The van der Waals surface area contributed by atoms with Crippen molar-refractivity contribution in [2.75, 3.05) is 18.0 Å². The molecule has 0 spiro atoms. The molecule has 0 bridgehead atoms. The minimum Gasteiger partial charge on any atom is -0.474 e. The van der Waals surface area contributed by atoms with E-state index in [1.807, 2.05) is 55.5 Å². The van der Waals surface area contributed by atoms with E-state index < -0.39 is 5.60 Å². The monoisotopic (exact) mass is 594 g/mol. The zero-order valence-electron chi connectivity index (χ0n) is 27.3. The molecule has 0 aromatic heterocycles. The minimum absolute atomic E-state index is 0.0353. The molecule has 2 aromatic rings. The first-order valence-electron chi connectivity index (χ1n) is 15.7. The molecule has 0 fully saturated rings. The van der Waals surface area contributed by atoms with E-state index in [1.165, 1.54) is 28.0 Å². The van der Waals surface area contributed by atoms with Crippen LogP contribution in [0.2, 0.25) is 0 Å². The van der Waals surface area contributed by atoms with E-state index in [-0.39, 0.29) is 22.3 Å². The maximum absolute atomic E-state index is 10.2. The predicted octanol–water partition coefficient (Wildman–Crippen LogP) is 9.40. The fourth-order valence-corrected chi connectivity index (χ4v) is 6.18. The van der Waals surface area contributed by atoms with Crippen LogP contribution >= 0.6 is 0 Å².